The van der Waals surface area contributed by atoms with Gasteiger partial charge in [-0.3, -0.25) is 0 Å². The van der Waals surface area contributed by atoms with Crippen LogP contribution in [-0.2, 0) is 21.7 Å². The van der Waals surface area contributed by atoms with Gasteiger partial charge in [0.15, 0.2) is 0 Å². The van der Waals surface area contributed by atoms with Gasteiger partial charge in [0.1, 0.15) is 11.2 Å². The van der Waals surface area contributed by atoms with Gasteiger partial charge in [0.25, 0.3) is 6.71 Å². The van der Waals surface area contributed by atoms with Crippen molar-refractivity contribution in [2.45, 2.75) is 105 Å². The Balaban J connectivity index is 1.26. The average Bonchev–Trinajstić information content (AvgIpc) is 3.96. The quantitative estimate of drug-likeness (QED) is 0.161. The molecule has 7 aromatic carbocycles. The SMILES string of the molecule is CC(C)(C)c1ccc(N(c2ccc(C(C)(C)C)cc2)c2cc3c4c(c2)N(c2ccc(C(C)(C)C)cc2)c2cc5occc5cc2B4c2cc4ccoc4cc2N3c2ccc(C(C)(C)C)cc2)cc1. The predicted octanol–water partition coefficient (Wildman–Crippen LogP) is 15.9. The van der Waals surface area contributed by atoms with Crippen LogP contribution in [0.1, 0.15) is 105 Å². The molecule has 0 bridgehead atoms. The summed E-state index contributed by atoms with van der Waals surface area (Å²) >= 11 is 0. The fraction of sp³-hybridized carbons (Fsp3) is 0.258. The van der Waals surface area contributed by atoms with Crippen LogP contribution >= 0.6 is 0 Å². The number of hydrogen-bond donors (Lipinski definition) is 0. The van der Waals surface area contributed by atoms with Crippen LogP contribution in [0.25, 0.3) is 21.9 Å². The summed E-state index contributed by atoms with van der Waals surface area (Å²) in [5.74, 6) is 0. The lowest BCUT2D eigenvalue weighted by Crippen LogP contribution is -2.61. The highest BCUT2D eigenvalue weighted by Crippen LogP contribution is 2.49. The molecule has 2 aliphatic rings. The van der Waals surface area contributed by atoms with E-state index in [1.807, 2.05) is 12.5 Å². The Kier molecular flexibility index (Phi) is 9.82. The number of benzene rings is 7. The van der Waals surface area contributed by atoms with Gasteiger partial charge in [-0.2, -0.15) is 0 Å². The minimum atomic E-state index is -0.0987. The molecular formula is C62H62BN3O2. The molecule has 0 saturated carbocycles. The third kappa shape index (κ3) is 7.31. The molecule has 68 heavy (non-hydrogen) atoms. The van der Waals surface area contributed by atoms with E-state index in [0.29, 0.717) is 0 Å². The zero-order chi connectivity index (χ0) is 47.7. The minimum Gasteiger partial charge on any atom is -0.464 e. The second-order valence-electron chi connectivity index (χ2n) is 23.3. The summed E-state index contributed by atoms with van der Waals surface area (Å²) in [6.45, 7) is 27.3. The smallest absolute Gasteiger partial charge is 0.252 e. The third-order valence-corrected chi connectivity index (χ3v) is 14.4. The first-order valence-corrected chi connectivity index (χ1v) is 24.3. The first-order valence-electron chi connectivity index (χ1n) is 24.3. The van der Waals surface area contributed by atoms with Gasteiger partial charge in [-0.1, -0.05) is 144 Å². The maximum absolute atomic E-state index is 6.24. The van der Waals surface area contributed by atoms with Crippen molar-refractivity contribution in [1.29, 1.82) is 0 Å². The van der Waals surface area contributed by atoms with Crippen LogP contribution in [0.2, 0.25) is 0 Å². The zero-order valence-corrected chi connectivity index (χ0v) is 41.7. The van der Waals surface area contributed by atoms with Gasteiger partial charge in [0, 0.05) is 68.4 Å². The van der Waals surface area contributed by atoms with E-state index in [-0.39, 0.29) is 28.4 Å². The minimum absolute atomic E-state index is 0.000404. The van der Waals surface area contributed by atoms with Gasteiger partial charge in [-0.05, 0) is 133 Å². The first kappa shape index (κ1) is 43.6. The van der Waals surface area contributed by atoms with Crippen molar-refractivity contribution in [2.75, 3.05) is 14.7 Å². The highest BCUT2D eigenvalue weighted by molar-refractivity contribution is 7.00. The van der Waals surface area contributed by atoms with Crippen LogP contribution < -0.4 is 31.1 Å². The Labute approximate surface area is 403 Å². The molecule has 0 N–H and O–H groups in total. The summed E-state index contributed by atoms with van der Waals surface area (Å²) in [5, 5.41) is 2.17. The second kappa shape index (κ2) is 15.3. The molecule has 2 aliphatic heterocycles. The molecule has 5 nitrogen and oxygen atoms in total. The standard InChI is InChI=1S/C62H62BN3O2/c1-59(2,3)41-13-21-45(22-14-41)64(46-23-15-42(16-24-46)60(4,5)6)49-35-54-58-55(36-49)66(48-27-19-44(20-28-48)62(10,11)12)53-38-57-40(30-32-68-57)34-51(53)63(58)50-33-39-29-31-67-56(39)37-52(50)65(54)47-25-17-43(18-26-47)61(7,8)9/h13-38H,1-12H3. The summed E-state index contributed by atoms with van der Waals surface area (Å²) in [4.78, 5) is 7.44. The molecule has 0 radical (unpaired) electrons. The van der Waals surface area contributed by atoms with Crippen molar-refractivity contribution in [3.05, 3.63) is 180 Å². The lowest BCUT2D eigenvalue weighted by atomic mass is 9.33. The van der Waals surface area contributed by atoms with Crippen molar-refractivity contribution in [3.63, 3.8) is 0 Å². The summed E-state index contributed by atoms with van der Waals surface area (Å²) in [7, 11) is 0. The fourth-order valence-electron chi connectivity index (χ4n) is 10.5. The molecule has 0 fully saturated rings. The average molecular weight is 892 g/mol. The largest absolute Gasteiger partial charge is 0.464 e. The Bertz CT molecular complexity index is 3150. The number of furan rings is 2. The first-order chi connectivity index (χ1) is 32.2. The summed E-state index contributed by atoms with van der Waals surface area (Å²) in [5.41, 5.74) is 20.5. The molecule has 2 aromatic heterocycles. The molecule has 0 aliphatic carbocycles. The van der Waals surface area contributed by atoms with Crippen LogP contribution in [0.5, 0.6) is 0 Å². The third-order valence-electron chi connectivity index (χ3n) is 14.4. The highest BCUT2D eigenvalue weighted by Gasteiger charge is 2.45. The van der Waals surface area contributed by atoms with E-state index in [0.717, 1.165) is 73.1 Å². The molecule has 340 valence electrons. The topological polar surface area (TPSA) is 36.0 Å². The zero-order valence-electron chi connectivity index (χ0n) is 41.7. The summed E-state index contributed by atoms with van der Waals surface area (Å²) < 4.78 is 12.5. The van der Waals surface area contributed by atoms with E-state index in [9.17, 15) is 0 Å². The molecular weight excluding hydrogens is 830 g/mol. The number of nitrogens with zero attached hydrogens (tertiary/aromatic N) is 3. The van der Waals surface area contributed by atoms with Gasteiger partial charge >= 0.3 is 0 Å². The van der Waals surface area contributed by atoms with E-state index >= 15 is 0 Å². The lowest BCUT2D eigenvalue weighted by molar-refractivity contribution is 0.590. The maximum atomic E-state index is 6.24. The fourth-order valence-corrected chi connectivity index (χ4v) is 10.5. The summed E-state index contributed by atoms with van der Waals surface area (Å²) in [6, 6.07) is 55.1. The monoisotopic (exact) mass is 891 g/mol. The Morgan fingerprint density at radius 3 is 1.04 bits per heavy atom. The number of hydrogen-bond acceptors (Lipinski definition) is 5. The van der Waals surface area contributed by atoms with E-state index in [1.165, 1.54) is 38.6 Å². The van der Waals surface area contributed by atoms with Crippen molar-refractivity contribution >= 4 is 96.2 Å². The number of rotatable bonds is 5. The van der Waals surface area contributed by atoms with Crippen LogP contribution in [0.4, 0.5) is 51.2 Å². The van der Waals surface area contributed by atoms with Crippen LogP contribution in [0.15, 0.2) is 167 Å². The maximum Gasteiger partial charge on any atom is 0.252 e. The highest BCUT2D eigenvalue weighted by atomic mass is 16.3. The van der Waals surface area contributed by atoms with Crippen molar-refractivity contribution in [2.24, 2.45) is 0 Å². The molecule has 0 atom stereocenters. The lowest BCUT2D eigenvalue weighted by Gasteiger charge is -2.45. The summed E-state index contributed by atoms with van der Waals surface area (Å²) in [6.07, 6.45) is 3.63. The van der Waals surface area contributed by atoms with Gasteiger partial charge in [-0.15, -0.1) is 0 Å². The van der Waals surface area contributed by atoms with E-state index in [1.54, 1.807) is 0 Å². The number of fused-ring (bicyclic) bond motifs is 6. The Hall–Kier alpha value is -6.92. The molecule has 0 unspecified atom stereocenters. The van der Waals surface area contributed by atoms with Gasteiger partial charge in [0.05, 0.1) is 18.2 Å². The normalized spacial score (nSPS) is 13.8. The van der Waals surface area contributed by atoms with Crippen molar-refractivity contribution < 1.29 is 8.83 Å². The molecule has 6 heteroatoms. The molecule has 0 spiro atoms. The van der Waals surface area contributed by atoms with Crippen LogP contribution in [0, 0.1) is 0 Å². The van der Waals surface area contributed by atoms with Crippen molar-refractivity contribution in [3.8, 4) is 0 Å². The predicted molar refractivity (Wildman–Crippen MR) is 289 cm³/mol. The second-order valence-corrected chi connectivity index (χ2v) is 23.3. The molecule has 0 amide bonds. The molecule has 0 saturated heterocycles. The van der Waals surface area contributed by atoms with Gasteiger partial charge in [-0.25, -0.2) is 0 Å². The van der Waals surface area contributed by atoms with E-state index < -0.39 is 0 Å². The number of anilines is 9. The molecule has 9 aromatic rings. The van der Waals surface area contributed by atoms with Gasteiger partial charge in [0.2, 0.25) is 0 Å². The Morgan fingerprint density at radius 2 is 0.706 bits per heavy atom. The van der Waals surface area contributed by atoms with Crippen LogP contribution in [0.3, 0.4) is 0 Å². The van der Waals surface area contributed by atoms with Crippen molar-refractivity contribution in [1.82, 2.24) is 0 Å². The molecule has 4 heterocycles. The van der Waals surface area contributed by atoms with Crippen LogP contribution in [-0.4, -0.2) is 6.71 Å². The molecule has 11 rings (SSSR count). The van der Waals surface area contributed by atoms with E-state index in [2.05, 4.69) is 243 Å². The van der Waals surface area contributed by atoms with Gasteiger partial charge < -0.3 is 23.5 Å². The Morgan fingerprint density at radius 1 is 0.368 bits per heavy atom. The van der Waals surface area contributed by atoms with E-state index in [4.69, 9.17) is 8.83 Å².